The number of fused-ring (bicyclic) bond motifs is 1. The van der Waals surface area contributed by atoms with Gasteiger partial charge in [-0.05, 0) is 57.0 Å². The quantitative estimate of drug-likeness (QED) is 0.657. The number of para-hydroxylation sites is 2. The maximum Gasteiger partial charge on any atom is 0.253 e. The van der Waals surface area contributed by atoms with E-state index in [4.69, 9.17) is 4.98 Å². The number of aromatic amines is 1. The number of amides is 1. The lowest BCUT2D eigenvalue weighted by Crippen LogP contribution is -2.39. The Balaban J connectivity index is 1.55. The van der Waals surface area contributed by atoms with Crippen molar-refractivity contribution in [1.29, 1.82) is 0 Å². The maximum absolute atomic E-state index is 13.2. The van der Waals surface area contributed by atoms with E-state index in [0.29, 0.717) is 18.7 Å². The molecular weight excluding hydrogens is 412 g/mol. The van der Waals surface area contributed by atoms with E-state index >= 15 is 0 Å². The summed E-state index contributed by atoms with van der Waals surface area (Å²) >= 11 is 0. The normalized spacial score (nSPS) is 17.6. The minimum absolute atomic E-state index is 0.129. The van der Waals surface area contributed by atoms with Gasteiger partial charge in [0.2, 0.25) is 10.0 Å². The molecule has 1 saturated heterocycles. The molecule has 8 heteroatoms. The maximum atomic E-state index is 13.2. The fraction of sp³-hybridized carbons (Fsp3) is 0.391. The Labute approximate surface area is 183 Å². The van der Waals surface area contributed by atoms with Gasteiger partial charge in [-0.3, -0.25) is 4.79 Å². The third kappa shape index (κ3) is 4.22. The van der Waals surface area contributed by atoms with Gasteiger partial charge >= 0.3 is 0 Å². The van der Waals surface area contributed by atoms with Gasteiger partial charge in [-0.1, -0.05) is 18.2 Å². The lowest BCUT2D eigenvalue weighted by atomic mass is 9.96. The van der Waals surface area contributed by atoms with Gasteiger partial charge in [0.05, 0.1) is 15.9 Å². The van der Waals surface area contributed by atoms with E-state index in [1.807, 2.05) is 38.1 Å². The molecule has 1 N–H and O–H groups in total. The Morgan fingerprint density at radius 3 is 2.71 bits per heavy atom. The predicted molar refractivity (Wildman–Crippen MR) is 120 cm³/mol. The minimum Gasteiger partial charge on any atom is -0.342 e. The molecule has 4 rings (SSSR count). The van der Waals surface area contributed by atoms with E-state index in [9.17, 15) is 13.2 Å². The Hall–Kier alpha value is -2.71. The first kappa shape index (κ1) is 21.5. The number of carbonyl (C=O) groups is 1. The number of carbonyl (C=O) groups excluding carboxylic acids is 1. The van der Waals surface area contributed by atoms with Gasteiger partial charge in [0.15, 0.2) is 0 Å². The highest BCUT2D eigenvalue weighted by molar-refractivity contribution is 7.89. The van der Waals surface area contributed by atoms with Crippen LogP contribution in [0.3, 0.4) is 0 Å². The Bertz CT molecular complexity index is 1170. The largest absolute Gasteiger partial charge is 0.342 e. The molecule has 2 heterocycles. The molecule has 0 saturated carbocycles. The van der Waals surface area contributed by atoms with Crippen LogP contribution in [-0.4, -0.2) is 59.7 Å². The molecule has 164 valence electrons. The summed E-state index contributed by atoms with van der Waals surface area (Å²) in [6.45, 7) is 4.84. The predicted octanol–water partition coefficient (Wildman–Crippen LogP) is 3.61. The smallest absolute Gasteiger partial charge is 0.253 e. The zero-order chi connectivity index (χ0) is 22.2. The number of imidazole rings is 1. The summed E-state index contributed by atoms with van der Waals surface area (Å²) in [7, 11) is -2.09. The van der Waals surface area contributed by atoms with Crippen LogP contribution in [0.4, 0.5) is 0 Å². The molecule has 0 spiro atoms. The second kappa shape index (κ2) is 8.43. The van der Waals surface area contributed by atoms with Crippen LogP contribution in [0, 0.1) is 0 Å². The summed E-state index contributed by atoms with van der Waals surface area (Å²) in [5.74, 6) is 0.878. The number of nitrogens with one attached hydrogen (secondary N) is 1. The number of hydrogen-bond acceptors (Lipinski definition) is 4. The van der Waals surface area contributed by atoms with E-state index in [-0.39, 0.29) is 22.8 Å². The van der Waals surface area contributed by atoms with Crippen molar-refractivity contribution in [3.63, 3.8) is 0 Å². The van der Waals surface area contributed by atoms with E-state index in [1.165, 1.54) is 10.4 Å². The number of sulfonamides is 1. The van der Waals surface area contributed by atoms with Crippen molar-refractivity contribution in [2.75, 3.05) is 20.1 Å². The molecule has 1 aliphatic rings. The van der Waals surface area contributed by atoms with Crippen LogP contribution in [0.2, 0.25) is 0 Å². The fourth-order valence-corrected chi connectivity index (χ4v) is 5.38. The third-order valence-corrected chi connectivity index (χ3v) is 8.02. The molecule has 1 atom stereocenters. The number of H-pyrrole nitrogens is 1. The summed E-state index contributed by atoms with van der Waals surface area (Å²) < 4.78 is 27.0. The van der Waals surface area contributed by atoms with Crippen molar-refractivity contribution < 1.29 is 13.2 Å². The average molecular weight is 441 g/mol. The molecule has 0 aliphatic carbocycles. The third-order valence-electron chi connectivity index (χ3n) is 5.99. The van der Waals surface area contributed by atoms with Crippen LogP contribution in [-0.2, 0) is 10.0 Å². The molecule has 1 unspecified atom stereocenters. The van der Waals surface area contributed by atoms with Crippen LogP contribution in [0.1, 0.15) is 48.8 Å². The highest BCUT2D eigenvalue weighted by Gasteiger charge is 2.29. The molecule has 2 aromatic carbocycles. The second-order valence-electron chi connectivity index (χ2n) is 8.37. The summed E-state index contributed by atoms with van der Waals surface area (Å²) in [6.07, 6.45) is 1.83. The van der Waals surface area contributed by atoms with E-state index < -0.39 is 10.0 Å². The van der Waals surface area contributed by atoms with Crippen LogP contribution in [0.15, 0.2) is 53.4 Å². The van der Waals surface area contributed by atoms with Gasteiger partial charge in [0.25, 0.3) is 5.91 Å². The number of rotatable bonds is 5. The van der Waals surface area contributed by atoms with Gasteiger partial charge in [-0.25, -0.2) is 13.4 Å². The molecule has 1 aliphatic heterocycles. The molecule has 7 nitrogen and oxygen atoms in total. The van der Waals surface area contributed by atoms with Crippen LogP contribution in [0.5, 0.6) is 0 Å². The second-order valence-corrected chi connectivity index (χ2v) is 10.4. The van der Waals surface area contributed by atoms with E-state index in [2.05, 4.69) is 4.98 Å². The summed E-state index contributed by atoms with van der Waals surface area (Å²) in [6, 6.07) is 14.1. The molecular formula is C23H28N4O3S. The number of piperidine rings is 1. The first-order valence-corrected chi connectivity index (χ1v) is 12.0. The number of hydrogen-bond donors (Lipinski definition) is 1. The van der Waals surface area contributed by atoms with Crippen LogP contribution < -0.4 is 0 Å². The topological polar surface area (TPSA) is 86.4 Å². The van der Waals surface area contributed by atoms with Gasteiger partial charge in [-0.2, -0.15) is 4.31 Å². The molecule has 3 aromatic rings. The van der Waals surface area contributed by atoms with Gasteiger partial charge in [-0.15, -0.1) is 0 Å². The van der Waals surface area contributed by atoms with Gasteiger partial charge in [0, 0.05) is 37.7 Å². The van der Waals surface area contributed by atoms with Crippen LogP contribution in [0.25, 0.3) is 11.0 Å². The van der Waals surface area contributed by atoms with E-state index in [0.717, 1.165) is 29.7 Å². The average Bonchev–Trinajstić information content (AvgIpc) is 3.22. The molecule has 1 aromatic heterocycles. The first-order valence-electron chi connectivity index (χ1n) is 10.6. The minimum atomic E-state index is -3.65. The molecule has 31 heavy (non-hydrogen) atoms. The lowest BCUT2D eigenvalue weighted by Gasteiger charge is -2.32. The molecule has 0 bridgehead atoms. The van der Waals surface area contributed by atoms with Crippen molar-refractivity contribution >= 4 is 27.0 Å². The van der Waals surface area contributed by atoms with Gasteiger partial charge in [0.1, 0.15) is 5.82 Å². The van der Waals surface area contributed by atoms with Crippen molar-refractivity contribution in [2.45, 2.75) is 43.5 Å². The number of likely N-dealkylation sites (tertiary alicyclic amines) is 1. The summed E-state index contributed by atoms with van der Waals surface area (Å²) in [5.41, 5.74) is 2.31. The van der Waals surface area contributed by atoms with Crippen molar-refractivity contribution in [2.24, 2.45) is 0 Å². The molecule has 1 fully saturated rings. The fourth-order valence-electron chi connectivity index (χ4n) is 3.97. The standard InChI is InChI=1S/C23H28N4O3S/c1-16(2)26(3)31(29,30)19-10-6-8-17(14-19)23(28)27-13-7-9-18(15-27)22-24-20-11-4-5-12-21(20)25-22/h4-6,8,10-12,14,16,18H,7,9,13,15H2,1-3H3,(H,24,25). The number of benzene rings is 2. The molecule has 0 radical (unpaired) electrons. The Kier molecular flexibility index (Phi) is 5.85. The Morgan fingerprint density at radius 1 is 1.19 bits per heavy atom. The summed E-state index contributed by atoms with van der Waals surface area (Å²) in [5, 5.41) is 0. The van der Waals surface area contributed by atoms with Crippen molar-refractivity contribution in [3.8, 4) is 0 Å². The SMILES string of the molecule is CC(C)N(C)S(=O)(=O)c1cccc(C(=O)N2CCCC(c3nc4ccccc4[nH]3)C2)c1. The Morgan fingerprint density at radius 2 is 1.97 bits per heavy atom. The van der Waals surface area contributed by atoms with Crippen LogP contribution >= 0.6 is 0 Å². The number of aromatic nitrogens is 2. The highest BCUT2D eigenvalue weighted by atomic mass is 32.2. The lowest BCUT2D eigenvalue weighted by molar-refractivity contribution is 0.0704. The summed E-state index contributed by atoms with van der Waals surface area (Å²) in [4.78, 5) is 23.3. The molecule has 1 amide bonds. The van der Waals surface area contributed by atoms with Crippen molar-refractivity contribution in [1.82, 2.24) is 19.2 Å². The number of nitrogens with zero attached hydrogens (tertiary/aromatic N) is 3. The zero-order valence-electron chi connectivity index (χ0n) is 18.1. The highest BCUT2D eigenvalue weighted by Crippen LogP contribution is 2.28. The zero-order valence-corrected chi connectivity index (χ0v) is 18.9. The van der Waals surface area contributed by atoms with Crippen molar-refractivity contribution in [3.05, 3.63) is 59.9 Å². The first-order chi connectivity index (χ1) is 14.8. The van der Waals surface area contributed by atoms with Gasteiger partial charge < -0.3 is 9.88 Å². The monoisotopic (exact) mass is 440 g/mol. The van der Waals surface area contributed by atoms with E-state index in [1.54, 1.807) is 30.1 Å².